The fourth-order valence-electron chi connectivity index (χ4n) is 2.02. The van der Waals surface area contributed by atoms with E-state index in [1.165, 1.54) is 18.9 Å². The second kappa shape index (κ2) is 4.61. The quantitative estimate of drug-likeness (QED) is 0.851. The van der Waals surface area contributed by atoms with E-state index in [4.69, 9.17) is 14.6 Å². The highest BCUT2D eigenvalue weighted by Gasteiger charge is 2.25. The van der Waals surface area contributed by atoms with Crippen LogP contribution in [-0.2, 0) is 11.3 Å². The van der Waals surface area contributed by atoms with Gasteiger partial charge in [0, 0.05) is 25.6 Å². The average Bonchev–Trinajstić information content (AvgIpc) is 3.06. The molecule has 1 aromatic rings. The third-order valence-electron chi connectivity index (χ3n) is 3.27. The molecule has 1 unspecified atom stereocenters. The summed E-state index contributed by atoms with van der Waals surface area (Å²) in [4.78, 5) is 10.8. The first-order valence-corrected chi connectivity index (χ1v) is 6.28. The van der Waals surface area contributed by atoms with E-state index in [1.54, 1.807) is 4.68 Å². The molecule has 1 saturated carbocycles. The van der Waals surface area contributed by atoms with Crippen LogP contribution in [0.2, 0.25) is 0 Å². The van der Waals surface area contributed by atoms with Gasteiger partial charge in [-0.25, -0.2) is 9.48 Å². The Labute approximate surface area is 104 Å². The zero-order valence-corrected chi connectivity index (χ0v) is 10.0. The number of carboxylic acid groups (broad SMARTS) is 1. The van der Waals surface area contributed by atoms with Gasteiger partial charge in [-0.05, 0) is 18.8 Å². The van der Waals surface area contributed by atoms with E-state index < -0.39 is 5.97 Å². The summed E-state index contributed by atoms with van der Waals surface area (Å²) in [7, 11) is 0. The third kappa shape index (κ3) is 2.48. The molecule has 0 bridgehead atoms. The Morgan fingerprint density at radius 2 is 2.33 bits per heavy atom. The molecule has 0 amide bonds. The molecule has 98 valence electrons. The van der Waals surface area contributed by atoms with Gasteiger partial charge in [0.05, 0.1) is 6.61 Å². The molecule has 1 fully saturated rings. The van der Waals surface area contributed by atoms with Crippen LogP contribution in [0, 0.1) is 5.92 Å². The molecule has 0 radical (unpaired) electrons. The van der Waals surface area contributed by atoms with E-state index in [9.17, 15) is 4.79 Å². The molecule has 6 nitrogen and oxygen atoms in total. The van der Waals surface area contributed by atoms with Crippen molar-refractivity contribution in [2.45, 2.75) is 31.9 Å². The van der Waals surface area contributed by atoms with E-state index in [1.807, 2.05) is 0 Å². The molecule has 6 heteroatoms. The van der Waals surface area contributed by atoms with Crippen molar-refractivity contribution < 1.29 is 19.4 Å². The second-order valence-corrected chi connectivity index (χ2v) is 4.91. The molecule has 1 N–H and O–H groups in total. The number of ether oxygens (including phenoxy) is 2. The maximum atomic E-state index is 10.8. The molecular formula is C12H16N2O4. The third-order valence-corrected chi connectivity index (χ3v) is 3.27. The first-order valence-electron chi connectivity index (χ1n) is 6.28. The van der Waals surface area contributed by atoms with Crippen LogP contribution >= 0.6 is 0 Å². The van der Waals surface area contributed by atoms with E-state index >= 15 is 0 Å². The van der Waals surface area contributed by atoms with Crippen LogP contribution < -0.4 is 4.74 Å². The summed E-state index contributed by atoms with van der Waals surface area (Å²) >= 11 is 0. The van der Waals surface area contributed by atoms with Crippen LogP contribution in [0.5, 0.6) is 5.88 Å². The van der Waals surface area contributed by atoms with Gasteiger partial charge in [-0.1, -0.05) is 0 Å². The van der Waals surface area contributed by atoms with Gasteiger partial charge in [0.1, 0.15) is 6.10 Å². The van der Waals surface area contributed by atoms with Crippen molar-refractivity contribution in [3.8, 4) is 5.88 Å². The lowest BCUT2D eigenvalue weighted by atomic mass is 10.2. The van der Waals surface area contributed by atoms with Gasteiger partial charge < -0.3 is 14.6 Å². The monoisotopic (exact) mass is 252 g/mol. The summed E-state index contributed by atoms with van der Waals surface area (Å²) in [6, 6.07) is 1.47. The minimum Gasteiger partial charge on any atom is -0.476 e. The number of aromatic nitrogens is 2. The Morgan fingerprint density at radius 3 is 3.06 bits per heavy atom. The smallest absolute Gasteiger partial charge is 0.356 e. The van der Waals surface area contributed by atoms with E-state index in [-0.39, 0.29) is 11.8 Å². The van der Waals surface area contributed by atoms with Gasteiger partial charge in [0.15, 0.2) is 5.69 Å². The molecule has 1 aliphatic carbocycles. The van der Waals surface area contributed by atoms with Crippen LogP contribution in [0.25, 0.3) is 0 Å². The number of aromatic carboxylic acids is 1. The minimum atomic E-state index is -1.03. The fraction of sp³-hybridized carbons (Fsp3) is 0.667. The number of hydrogen-bond donors (Lipinski definition) is 1. The van der Waals surface area contributed by atoms with Crippen molar-refractivity contribution in [1.29, 1.82) is 0 Å². The van der Waals surface area contributed by atoms with Crippen LogP contribution in [0.3, 0.4) is 0 Å². The van der Waals surface area contributed by atoms with E-state index in [0.717, 1.165) is 18.9 Å². The van der Waals surface area contributed by atoms with Crippen molar-refractivity contribution in [1.82, 2.24) is 9.78 Å². The number of carboxylic acids is 1. The van der Waals surface area contributed by atoms with Gasteiger partial charge >= 0.3 is 5.97 Å². The predicted octanol–water partition coefficient (Wildman–Crippen LogP) is 1.16. The zero-order chi connectivity index (χ0) is 12.5. The Hall–Kier alpha value is -1.56. The van der Waals surface area contributed by atoms with Crippen LogP contribution in [0.1, 0.15) is 29.8 Å². The van der Waals surface area contributed by atoms with Gasteiger partial charge in [-0.15, -0.1) is 0 Å². The molecule has 2 aliphatic rings. The van der Waals surface area contributed by atoms with E-state index in [2.05, 4.69) is 5.10 Å². The van der Waals surface area contributed by atoms with E-state index in [0.29, 0.717) is 19.0 Å². The number of nitrogens with zero attached hydrogens (tertiary/aromatic N) is 2. The number of fused-ring (bicyclic) bond motifs is 1. The van der Waals surface area contributed by atoms with Crippen LogP contribution in [0.4, 0.5) is 0 Å². The molecule has 0 spiro atoms. The minimum absolute atomic E-state index is 0.00888. The van der Waals surface area contributed by atoms with Crippen LogP contribution in [-0.4, -0.2) is 40.2 Å². The number of rotatable bonds is 5. The molecule has 2 heterocycles. The number of hydrogen-bond acceptors (Lipinski definition) is 4. The number of carbonyl (C=O) groups is 1. The molecule has 18 heavy (non-hydrogen) atoms. The highest BCUT2D eigenvalue weighted by atomic mass is 16.5. The maximum Gasteiger partial charge on any atom is 0.356 e. The first-order chi connectivity index (χ1) is 8.72. The Kier molecular flexibility index (Phi) is 2.95. The highest BCUT2D eigenvalue weighted by Crippen LogP contribution is 2.29. The zero-order valence-electron chi connectivity index (χ0n) is 10.0. The van der Waals surface area contributed by atoms with Gasteiger partial charge in [0.2, 0.25) is 5.88 Å². The first kappa shape index (κ1) is 11.5. The molecule has 1 atom stereocenters. The van der Waals surface area contributed by atoms with Crippen molar-refractivity contribution in [3.63, 3.8) is 0 Å². The normalized spacial score (nSPS) is 22.3. The van der Waals surface area contributed by atoms with Gasteiger partial charge in [-0.3, -0.25) is 0 Å². The van der Waals surface area contributed by atoms with Gasteiger partial charge in [-0.2, -0.15) is 5.10 Å². The molecule has 1 aliphatic heterocycles. The summed E-state index contributed by atoms with van der Waals surface area (Å²) < 4.78 is 12.9. The van der Waals surface area contributed by atoms with Crippen molar-refractivity contribution in [2.75, 3.05) is 13.2 Å². The lowest BCUT2D eigenvalue weighted by Gasteiger charge is -2.24. The topological polar surface area (TPSA) is 73.6 Å². The number of aryl methyl sites for hydroxylation is 1. The summed E-state index contributed by atoms with van der Waals surface area (Å²) in [6.45, 7) is 2.07. The average molecular weight is 252 g/mol. The summed E-state index contributed by atoms with van der Waals surface area (Å²) in [6.07, 6.45) is 3.37. The summed E-state index contributed by atoms with van der Waals surface area (Å²) in [5, 5.41) is 12.8. The Balaban J connectivity index is 1.56. The summed E-state index contributed by atoms with van der Waals surface area (Å²) in [5.74, 6) is 0.249. The molecule has 0 saturated heterocycles. The van der Waals surface area contributed by atoms with Crippen molar-refractivity contribution in [2.24, 2.45) is 5.92 Å². The second-order valence-electron chi connectivity index (χ2n) is 4.91. The van der Waals surface area contributed by atoms with Gasteiger partial charge in [0.25, 0.3) is 0 Å². The van der Waals surface area contributed by atoms with Crippen LogP contribution in [0.15, 0.2) is 6.07 Å². The fourth-order valence-corrected chi connectivity index (χ4v) is 2.02. The van der Waals surface area contributed by atoms with Crippen molar-refractivity contribution in [3.05, 3.63) is 11.8 Å². The Morgan fingerprint density at radius 1 is 1.50 bits per heavy atom. The molecule has 1 aromatic heterocycles. The highest BCUT2D eigenvalue weighted by molar-refractivity contribution is 5.85. The standard InChI is InChI=1S/C12H16N2O4/c15-12(16)10-5-11-14(13-10)4-3-9(18-11)7-17-6-8-1-2-8/h5,8-9H,1-4,6-7H2,(H,15,16). The largest absolute Gasteiger partial charge is 0.476 e. The lowest BCUT2D eigenvalue weighted by Crippen LogP contribution is -2.30. The summed E-state index contributed by atoms with van der Waals surface area (Å²) in [5.41, 5.74) is 0.0320. The molecule has 3 rings (SSSR count). The predicted molar refractivity (Wildman–Crippen MR) is 61.8 cm³/mol. The van der Waals surface area contributed by atoms with Crippen molar-refractivity contribution >= 4 is 5.97 Å². The lowest BCUT2D eigenvalue weighted by molar-refractivity contribution is 0.0221. The SMILES string of the molecule is O=C(O)c1cc2n(n1)CCC(COCC1CC1)O2. The molecule has 0 aromatic carbocycles. The molecular weight excluding hydrogens is 236 g/mol. The maximum absolute atomic E-state index is 10.8. The Bertz CT molecular complexity index is 453.